The van der Waals surface area contributed by atoms with Crippen LogP contribution < -0.4 is 4.74 Å². The summed E-state index contributed by atoms with van der Waals surface area (Å²) in [5, 5.41) is 0. The first-order valence-electron chi connectivity index (χ1n) is 5.51. The largest absolute Gasteiger partial charge is 0.489 e. The molecular formula is C14H10Br2ClFO. The number of alkyl halides is 1. The lowest BCUT2D eigenvalue weighted by Crippen LogP contribution is -1.99. The molecule has 0 aliphatic rings. The van der Waals surface area contributed by atoms with Gasteiger partial charge in [0.15, 0.2) is 0 Å². The number of halogens is 4. The second-order valence-electron chi connectivity index (χ2n) is 3.91. The molecule has 0 fully saturated rings. The van der Waals surface area contributed by atoms with Crippen LogP contribution in [0.3, 0.4) is 0 Å². The van der Waals surface area contributed by atoms with Crippen molar-refractivity contribution in [1.82, 2.24) is 0 Å². The van der Waals surface area contributed by atoms with Crippen LogP contribution in [0.5, 0.6) is 5.75 Å². The third-order valence-corrected chi connectivity index (χ3v) is 4.08. The Bertz CT molecular complexity index is 590. The average molecular weight is 408 g/mol. The number of rotatable bonds is 4. The number of ether oxygens (including phenoxy) is 1. The summed E-state index contributed by atoms with van der Waals surface area (Å²) in [7, 11) is 0. The van der Waals surface area contributed by atoms with Crippen LogP contribution in [0.15, 0.2) is 45.3 Å². The summed E-state index contributed by atoms with van der Waals surface area (Å²) in [6.07, 6.45) is 0. The smallest absolute Gasteiger partial charge is 0.124 e. The van der Waals surface area contributed by atoms with E-state index < -0.39 is 0 Å². The molecule has 0 amide bonds. The van der Waals surface area contributed by atoms with Crippen molar-refractivity contribution < 1.29 is 9.13 Å². The van der Waals surface area contributed by atoms with Crippen molar-refractivity contribution in [1.29, 1.82) is 0 Å². The van der Waals surface area contributed by atoms with Crippen LogP contribution in [0.2, 0.25) is 0 Å². The standard InChI is InChI=1S/C14H10Br2ClFO/c15-11-2-4-14(10(5-11)7-17)19-8-9-1-3-12(18)6-13(9)16/h1-6H,7-8H2. The summed E-state index contributed by atoms with van der Waals surface area (Å²) in [5.41, 5.74) is 1.79. The van der Waals surface area contributed by atoms with E-state index in [1.54, 1.807) is 6.07 Å². The molecule has 0 bridgehead atoms. The summed E-state index contributed by atoms with van der Waals surface area (Å²) in [6.45, 7) is 0.354. The quantitative estimate of drug-likeness (QED) is 0.593. The van der Waals surface area contributed by atoms with Gasteiger partial charge in [0.25, 0.3) is 0 Å². The number of hydrogen-bond donors (Lipinski definition) is 0. The van der Waals surface area contributed by atoms with Gasteiger partial charge in [-0.25, -0.2) is 4.39 Å². The molecule has 100 valence electrons. The zero-order valence-corrected chi connectivity index (χ0v) is 13.7. The van der Waals surface area contributed by atoms with Crippen molar-refractivity contribution in [3.05, 3.63) is 62.3 Å². The van der Waals surface area contributed by atoms with Crippen LogP contribution in [-0.4, -0.2) is 0 Å². The summed E-state index contributed by atoms with van der Waals surface area (Å²) in [5.74, 6) is 0.828. The second-order valence-corrected chi connectivity index (χ2v) is 5.95. The van der Waals surface area contributed by atoms with E-state index in [9.17, 15) is 4.39 Å². The molecule has 2 aromatic carbocycles. The summed E-state index contributed by atoms with van der Waals surface area (Å²) in [4.78, 5) is 0. The molecule has 0 aliphatic heterocycles. The highest BCUT2D eigenvalue weighted by Crippen LogP contribution is 2.26. The topological polar surface area (TPSA) is 9.23 Å². The van der Waals surface area contributed by atoms with E-state index in [4.69, 9.17) is 16.3 Å². The number of hydrogen-bond acceptors (Lipinski definition) is 1. The number of benzene rings is 2. The molecule has 0 N–H and O–H groups in total. The molecule has 0 spiro atoms. The van der Waals surface area contributed by atoms with E-state index in [0.29, 0.717) is 17.0 Å². The lowest BCUT2D eigenvalue weighted by Gasteiger charge is -2.11. The molecule has 0 radical (unpaired) electrons. The Hall–Kier alpha value is -0.580. The Morgan fingerprint density at radius 2 is 1.84 bits per heavy atom. The highest BCUT2D eigenvalue weighted by atomic mass is 79.9. The van der Waals surface area contributed by atoms with E-state index in [1.165, 1.54) is 12.1 Å². The van der Waals surface area contributed by atoms with Gasteiger partial charge in [-0.1, -0.05) is 37.9 Å². The SMILES string of the molecule is Fc1ccc(COc2ccc(Br)cc2CCl)c(Br)c1. The third-order valence-electron chi connectivity index (χ3n) is 2.56. The maximum Gasteiger partial charge on any atom is 0.124 e. The molecule has 2 aromatic rings. The Kier molecular flexibility index (Phi) is 5.25. The molecular weight excluding hydrogens is 398 g/mol. The second kappa shape index (κ2) is 6.73. The fourth-order valence-corrected chi connectivity index (χ4v) is 2.67. The maximum atomic E-state index is 13.0. The van der Waals surface area contributed by atoms with Crippen LogP contribution in [0, 0.1) is 5.82 Å². The van der Waals surface area contributed by atoms with E-state index in [2.05, 4.69) is 31.9 Å². The van der Waals surface area contributed by atoms with Crippen molar-refractivity contribution in [2.45, 2.75) is 12.5 Å². The molecule has 0 saturated heterocycles. The Morgan fingerprint density at radius 1 is 1.05 bits per heavy atom. The van der Waals surface area contributed by atoms with Crippen LogP contribution in [0.25, 0.3) is 0 Å². The average Bonchev–Trinajstić information content (AvgIpc) is 2.39. The zero-order chi connectivity index (χ0) is 13.8. The van der Waals surface area contributed by atoms with Gasteiger partial charge in [0.2, 0.25) is 0 Å². The Balaban J connectivity index is 2.14. The minimum absolute atomic E-state index is 0.277. The lowest BCUT2D eigenvalue weighted by molar-refractivity contribution is 0.303. The van der Waals surface area contributed by atoms with Crippen LogP contribution in [-0.2, 0) is 12.5 Å². The fourth-order valence-electron chi connectivity index (χ4n) is 1.59. The molecule has 1 nitrogen and oxygen atoms in total. The van der Waals surface area contributed by atoms with Gasteiger partial charge in [0.05, 0.1) is 5.88 Å². The normalized spacial score (nSPS) is 10.5. The predicted molar refractivity (Wildman–Crippen MR) is 82.1 cm³/mol. The summed E-state index contributed by atoms with van der Waals surface area (Å²) in [6, 6.07) is 10.2. The van der Waals surface area contributed by atoms with Gasteiger partial charge in [0.1, 0.15) is 18.2 Å². The minimum atomic E-state index is -0.277. The van der Waals surface area contributed by atoms with Crippen molar-refractivity contribution >= 4 is 43.5 Å². The summed E-state index contributed by atoms with van der Waals surface area (Å²) >= 11 is 12.6. The monoisotopic (exact) mass is 406 g/mol. The van der Waals surface area contributed by atoms with Crippen LogP contribution in [0.4, 0.5) is 4.39 Å². The van der Waals surface area contributed by atoms with Crippen molar-refractivity contribution in [3.8, 4) is 5.75 Å². The van der Waals surface area contributed by atoms with E-state index in [0.717, 1.165) is 21.3 Å². The Labute approximate surface area is 133 Å². The van der Waals surface area contributed by atoms with Gasteiger partial charge < -0.3 is 4.74 Å². The maximum absolute atomic E-state index is 13.0. The molecule has 0 atom stereocenters. The van der Waals surface area contributed by atoms with Crippen molar-refractivity contribution in [2.24, 2.45) is 0 Å². The highest BCUT2D eigenvalue weighted by molar-refractivity contribution is 9.10. The molecule has 0 heterocycles. The Morgan fingerprint density at radius 3 is 2.53 bits per heavy atom. The molecule has 2 rings (SSSR count). The van der Waals surface area contributed by atoms with Crippen molar-refractivity contribution in [3.63, 3.8) is 0 Å². The first-order chi connectivity index (χ1) is 9.10. The molecule has 0 unspecified atom stereocenters. The molecule has 5 heteroatoms. The molecule has 19 heavy (non-hydrogen) atoms. The predicted octanol–water partition coefficient (Wildman–Crippen LogP) is 5.67. The fraction of sp³-hybridized carbons (Fsp3) is 0.143. The molecule has 0 aliphatic carbocycles. The summed E-state index contributed by atoms with van der Waals surface area (Å²) < 4.78 is 20.4. The molecule has 0 saturated carbocycles. The first-order valence-corrected chi connectivity index (χ1v) is 7.63. The van der Waals surface area contributed by atoms with Gasteiger partial charge in [-0.3, -0.25) is 0 Å². The zero-order valence-electron chi connectivity index (χ0n) is 9.80. The highest BCUT2D eigenvalue weighted by Gasteiger charge is 2.06. The van der Waals surface area contributed by atoms with Gasteiger partial charge in [0, 0.05) is 20.1 Å². The van der Waals surface area contributed by atoms with Gasteiger partial charge in [-0.2, -0.15) is 0 Å². The van der Waals surface area contributed by atoms with Gasteiger partial charge in [-0.05, 0) is 30.3 Å². The van der Waals surface area contributed by atoms with Gasteiger partial charge in [-0.15, -0.1) is 11.6 Å². The molecule has 0 aromatic heterocycles. The van der Waals surface area contributed by atoms with Gasteiger partial charge >= 0.3 is 0 Å². The lowest BCUT2D eigenvalue weighted by atomic mass is 10.2. The van der Waals surface area contributed by atoms with Crippen LogP contribution >= 0.6 is 43.5 Å². The first kappa shape index (κ1) is 14.8. The third kappa shape index (κ3) is 3.94. The van der Waals surface area contributed by atoms with E-state index >= 15 is 0 Å². The van der Waals surface area contributed by atoms with E-state index in [-0.39, 0.29) is 5.82 Å². The van der Waals surface area contributed by atoms with Crippen molar-refractivity contribution in [2.75, 3.05) is 0 Å². The van der Waals surface area contributed by atoms with E-state index in [1.807, 2.05) is 18.2 Å². The minimum Gasteiger partial charge on any atom is -0.489 e. The van der Waals surface area contributed by atoms with Crippen LogP contribution in [0.1, 0.15) is 11.1 Å².